The molecule has 1 aliphatic rings. The Hall–Kier alpha value is -0.570. The van der Waals surface area contributed by atoms with E-state index < -0.39 is 0 Å². The highest BCUT2D eigenvalue weighted by molar-refractivity contribution is 5.69. The minimum atomic E-state index is -0.0574. The fourth-order valence-electron chi connectivity index (χ4n) is 1.35. The summed E-state index contributed by atoms with van der Waals surface area (Å²) in [7, 11) is 0. The molecular weight excluding hydrogens is 180 g/mol. The molecule has 1 rings (SSSR count). The zero-order valence-electron chi connectivity index (χ0n) is 8.96. The Balaban J connectivity index is 1.76. The molecule has 0 aromatic rings. The van der Waals surface area contributed by atoms with E-state index in [9.17, 15) is 4.79 Å². The van der Waals surface area contributed by atoms with Gasteiger partial charge in [0, 0.05) is 6.42 Å². The molecule has 0 bridgehead atoms. The van der Waals surface area contributed by atoms with Crippen LogP contribution in [-0.4, -0.2) is 25.3 Å². The summed E-state index contributed by atoms with van der Waals surface area (Å²) in [5, 5.41) is 0. The highest BCUT2D eigenvalue weighted by atomic mass is 16.6. The summed E-state index contributed by atoms with van der Waals surface area (Å²) < 4.78 is 10.1. The summed E-state index contributed by atoms with van der Waals surface area (Å²) in [4.78, 5) is 11.0. The van der Waals surface area contributed by atoms with Crippen molar-refractivity contribution in [2.24, 2.45) is 0 Å². The molecule has 0 spiro atoms. The van der Waals surface area contributed by atoms with Crippen molar-refractivity contribution in [3.05, 3.63) is 0 Å². The van der Waals surface area contributed by atoms with Gasteiger partial charge in [-0.05, 0) is 25.7 Å². The topological polar surface area (TPSA) is 38.8 Å². The van der Waals surface area contributed by atoms with Crippen molar-refractivity contribution >= 4 is 5.97 Å². The van der Waals surface area contributed by atoms with Crippen LogP contribution in [0.3, 0.4) is 0 Å². The van der Waals surface area contributed by atoms with E-state index in [1.54, 1.807) is 0 Å². The molecule has 1 atom stereocenters. The largest absolute Gasteiger partial charge is 0.466 e. The predicted octanol–water partition coefficient (Wildman–Crippen LogP) is 2.29. The lowest BCUT2D eigenvalue weighted by Crippen LogP contribution is -2.04. The zero-order chi connectivity index (χ0) is 10.2. The Kier molecular flexibility index (Phi) is 5.60. The monoisotopic (exact) mass is 200 g/mol. The molecule has 1 fully saturated rings. The average molecular weight is 200 g/mol. The van der Waals surface area contributed by atoms with Gasteiger partial charge in [-0.15, -0.1) is 0 Å². The molecule has 0 aromatic carbocycles. The first-order valence-electron chi connectivity index (χ1n) is 5.60. The highest BCUT2D eigenvalue weighted by Crippen LogP contribution is 2.16. The molecule has 82 valence electrons. The van der Waals surface area contributed by atoms with Gasteiger partial charge in [-0.2, -0.15) is 0 Å². The molecule has 1 aliphatic heterocycles. The van der Waals surface area contributed by atoms with Gasteiger partial charge in [0.25, 0.3) is 0 Å². The van der Waals surface area contributed by atoms with Gasteiger partial charge in [0.1, 0.15) is 0 Å². The van der Waals surface area contributed by atoms with Gasteiger partial charge in [-0.25, -0.2) is 0 Å². The Labute approximate surface area is 85.8 Å². The fourth-order valence-corrected chi connectivity index (χ4v) is 1.35. The summed E-state index contributed by atoms with van der Waals surface area (Å²) in [6.45, 7) is 3.52. The molecule has 1 saturated heterocycles. The molecular formula is C11H20O3. The van der Waals surface area contributed by atoms with Gasteiger partial charge in [0.15, 0.2) is 0 Å². The normalized spacial score (nSPS) is 19.4. The fraction of sp³-hybridized carbons (Fsp3) is 0.909. The number of ether oxygens (including phenoxy) is 2. The average Bonchev–Trinajstić information content (AvgIpc) is 2.95. The van der Waals surface area contributed by atoms with E-state index in [-0.39, 0.29) is 5.97 Å². The van der Waals surface area contributed by atoms with E-state index in [1.165, 1.54) is 12.8 Å². The van der Waals surface area contributed by atoms with Crippen LogP contribution >= 0.6 is 0 Å². The van der Waals surface area contributed by atoms with Crippen molar-refractivity contribution in [3.8, 4) is 0 Å². The number of unbranched alkanes of at least 4 members (excludes halogenated alkanes) is 2. The number of hydrogen-bond donors (Lipinski definition) is 0. The first kappa shape index (κ1) is 11.5. The van der Waals surface area contributed by atoms with Crippen molar-refractivity contribution in [3.63, 3.8) is 0 Å². The van der Waals surface area contributed by atoms with Crippen LogP contribution in [0.5, 0.6) is 0 Å². The van der Waals surface area contributed by atoms with Crippen molar-refractivity contribution in [2.75, 3.05) is 13.2 Å². The smallest absolute Gasteiger partial charge is 0.305 e. The molecule has 14 heavy (non-hydrogen) atoms. The Morgan fingerprint density at radius 1 is 1.43 bits per heavy atom. The van der Waals surface area contributed by atoms with E-state index in [1.807, 2.05) is 6.92 Å². The number of rotatable bonds is 8. The molecule has 0 aromatic heterocycles. The van der Waals surface area contributed by atoms with Crippen molar-refractivity contribution in [1.82, 2.24) is 0 Å². The van der Waals surface area contributed by atoms with Gasteiger partial charge in [-0.3, -0.25) is 4.79 Å². The number of epoxide rings is 1. The first-order chi connectivity index (χ1) is 6.83. The molecule has 0 amide bonds. The second-order valence-corrected chi connectivity index (χ2v) is 3.78. The lowest BCUT2D eigenvalue weighted by atomic mass is 10.2. The summed E-state index contributed by atoms with van der Waals surface area (Å²) in [5.74, 6) is -0.0574. The van der Waals surface area contributed by atoms with Crippen molar-refractivity contribution in [2.45, 2.75) is 51.6 Å². The number of esters is 1. The third kappa shape index (κ3) is 5.97. The van der Waals surface area contributed by atoms with Crippen LogP contribution in [0.15, 0.2) is 0 Å². The maximum absolute atomic E-state index is 11.0. The summed E-state index contributed by atoms with van der Waals surface area (Å²) in [6, 6.07) is 0. The Bertz CT molecular complexity index is 164. The highest BCUT2D eigenvalue weighted by Gasteiger charge is 2.20. The predicted molar refractivity (Wildman–Crippen MR) is 54.1 cm³/mol. The van der Waals surface area contributed by atoms with Gasteiger partial charge < -0.3 is 9.47 Å². The van der Waals surface area contributed by atoms with Crippen LogP contribution in [0, 0.1) is 0 Å². The molecule has 1 unspecified atom stereocenters. The summed E-state index contributed by atoms with van der Waals surface area (Å²) in [6.07, 6.45) is 6.45. The van der Waals surface area contributed by atoms with E-state index in [0.29, 0.717) is 19.1 Å². The van der Waals surface area contributed by atoms with Gasteiger partial charge in [0.05, 0.1) is 19.3 Å². The maximum atomic E-state index is 11.0. The van der Waals surface area contributed by atoms with Crippen LogP contribution < -0.4 is 0 Å². The van der Waals surface area contributed by atoms with Gasteiger partial charge in [0.2, 0.25) is 0 Å². The van der Waals surface area contributed by atoms with Crippen molar-refractivity contribution in [1.29, 1.82) is 0 Å². The van der Waals surface area contributed by atoms with E-state index in [0.717, 1.165) is 25.9 Å². The lowest BCUT2D eigenvalue weighted by molar-refractivity contribution is -0.143. The Morgan fingerprint density at radius 2 is 2.21 bits per heavy atom. The second-order valence-electron chi connectivity index (χ2n) is 3.78. The molecule has 0 saturated carbocycles. The van der Waals surface area contributed by atoms with Crippen LogP contribution in [0.4, 0.5) is 0 Å². The first-order valence-corrected chi connectivity index (χ1v) is 5.60. The van der Waals surface area contributed by atoms with E-state index in [4.69, 9.17) is 9.47 Å². The third-order valence-corrected chi connectivity index (χ3v) is 2.29. The molecule has 3 heteroatoms. The van der Waals surface area contributed by atoms with Crippen LogP contribution in [0.2, 0.25) is 0 Å². The SMILES string of the molecule is CCCC(=O)OCCCCCC1CO1. The molecule has 0 aliphatic carbocycles. The summed E-state index contributed by atoms with van der Waals surface area (Å²) >= 11 is 0. The maximum Gasteiger partial charge on any atom is 0.305 e. The third-order valence-electron chi connectivity index (χ3n) is 2.29. The van der Waals surface area contributed by atoms with Crippen LogP contribution in [-0.2, 0) is 14.3 Å². The van der Waals surface area contributed by atoms with Crippen molar-refractivity contribution < 1.29 is 14.3 Å². The Morgan fingerprint density at radius 3 is 2.86 bits per heavy atom. The minimum Gasteiger partial charge on any atom is -0.466 e. The molecule has 3 nitrogen and oxygen atoms in total. The molecule has 0 N–H and O–H groups in total. The van der Waals surface area contributed by atoms with E-state index >= 15 is 0 Å². The van der Waals surface area contributed by atoms with E-state index in [2.05, 4.69) is 0 Å². The number of carbonyl (C=O) groups excluding carboxylic acids is 1. The number of hydrogen-bond acceptors (Lipinski definition) is 3. The second kappa shape index (κ2) is 6.82. The number of carbonyl (C=O) groups is 1. The minimum absolute atomic E-state index is 0.0574. The lowest BCUT2D eigenvalue weighted by Gasteiger charge is -2.03. The molecule has 1 heterocycles. The van der Waals surface area contributed by atoms with Crippen LogP contribution in [0.25, 0.3) is 0 Å². The summed E-state index contributed by atoms with van der Waals surface area (Å²) in [5.41, 5.74) is 0. The van der Waals surface area contributed by atoms with Crippen LogP contribution in [0.1, 0.15) is 45.4 Å². The standard InChI is InChI=1S/C11H20O3/c1-2-6-11(12)13-8-5-3-4-7-10-9-14-10/h10H,2-9H2,1H3. The quantitative estimate of drug-likeness (QED) is 0.343. The van der Waals surface area contributed by atoms with Gasteiger partial charge >= 0.3 is 5.97 Å². The molecule has 0 radical (unpaired) electrons. The zero-order valence-corrected chi connectivity index (χ0v) is 8.96. The van der Waals surface area contributed by atoms with Gasteiger partial charge in [-0.1, -0.05) is 13.3 Å².